The maximum absolute atomic E-state index is 15.0. The van der Waals surface area contributed by atoms with E-state index in [-0.39, 0.29) is 50.7 Å². The summed E-state index contributed by atoms with van der Waals surface area (Å²) in [6, 6.07) is 5.13. The van der Waals surface area contributed by atoms with E-state index in [4.69, 9.17) is 11.6 Å². The second-order valence-electron chi connectivity index (χ2n) is 8.90. The molecule has 1 nitrogen and oxygen atoms in total. The molecule has 136 valence electrons. The van der Waals surface area contributed by atoms with Gasteiger partial charge in [-0.2, -0.15) is 0 Å². The second kappa shape index (κ2) is 5.25. The number of carbonyl (C=O) groups excluding carboxylic acids is 1. The number of hydrogen-bond acceptors (Lipinski definition) is 1. The van der Waals surface area contributed by atoms with Crippen molar-refractivity contribution in [3.63, 3.8) is 0 Å². The molecular weight excluding hydrogens is 349 g/mol. The van der Waals surface area contributed by atoms with Gasteiger partial charge in [-0.3, -0.25) is 4.79 Å². The van der Waals surface area contributed by atoms with E-state index >= 15 is 13.2 Å². The molecule has 0 spiro atoms. The van der Waals surface area contributed by atoms with Crippen molar-refractivity contribution in [2.24, 2.45) is 5.41 Å². The van der Waals surface area contributed by atoms with Crippen molar-refractivity contribution in [1.29, 1.82) is 0 Å². The summed E-state index contributed by atoms with van der Waals surface area (Å²) in [4.78, 5) is 12.6. The summed E-state index contributed by atoms with van der Waals surface area (Å²) in [7, 11) is 0. The van der Waals surface area contributed by atoms with Crippen LogP contribution in [0.15, 0.2) is 18.2 Å². The lowest BCUT2D eigenvalue weighted by molar-refractivity contribution is -0.217. The summed E-state index contributed by atoms with van der Waals surface area (Å²) in [6.45, 7) is 1.83. The van der Waals surface area contributed by atoms with Gasteiger partial charge in [0.2, 0.25) is 0 Å². The number of hydrogen-bond donors (Lipinski definition) is 0. The minimum Gasteiger partial charge on any atom is -0.294 e. The zero-order chi connectivity index (χ0) is 18.1. The molecule has 0 N–H and O–H groups in total. The van der Waals surface area contributed by atoms with Crippen molar-refractivity contribution in [3.05, 3.63) is 34.3 Å². The number of halogens is 4. The first-order valence-electron chi connectivity index (χ1n) is 8.90. The van der Waals surface area contributed by atoms with Crippen molar-refractivity contribution in [1.82, 2.24) is 0 Å². The molecule has 0 aromatic heterocycles. The molecule has 5 rings (SSSR count). The van der Waals surface area contributed by atoms with E-state index < -0.39 is 22.4 Å². The third kappa shape index (κ3) is 3.01. The molecule has 0 unspecified atom stereocenters. The summed E-state index contributed by atoms with van der Waals surface area (Å²) >= 11 is 5.97. The van der Waals surface area contributed by atoms with E-state index in [1.807, 2.05) is 6.92 Å². The van der Waals surface area contributed by atoms with Gasteiger partial charge in [0.15, 0.2) is 5.78 Å². The number of rotatable bonds is 4. The Morgan fingerprint density at radius 2 is 1.52 bits per heavy atom. The molecule has 0 amide bonds. The van der Waals surface area contributed by atoms with Crippen LogP contribution in [0.4, 0.5) is 13.2 Å². The van der Waals surface area contributed by atoms with Gasteiger partial charge < -0.3 is 0 Å². The highest BCUT2D eigenvalue weighted by molar-refractivity contribution is 6.31. The van der Waals surface area contributed by atoms with Crippen LogP contribution in [0.25, 0.3) is 0 Å². The van der Waals surface area contributed by atoms with Crippen LogP contribution in [0.3, 0.4) is 0 Å². The average molecular weight is 371 g/mol. The fraction of sp³-hybridized carbons (Fsp3) is 0.650. The van der Waals surface area contributed by atoms with Gasteiger partial charge >= 0.3 is 0 Å². The smallest absolute Gasteiger partial charge is 0.163 e. The summed E-state index contributed by atoms with van der Waals surface area (Å²) in [5, 5.41) is 0.483. The third-order valence-corrected chi connectivity index (χ3v) is 6.59. The first-order valence-corrected chi connectivity index (χ1v) is 9.28. The first-order chi connectivity index (χ1) is 11.5. The normalized spacial score (nSPS) is 42.0. The van der Waals surface area contributed by atoms with Crippen LogP contribution in [0, 0.1) is 12.3 Å². The maximum atomic E-state index is 15.0. The standard InChI is InChI=1S/C20H22ClF3O/c1-13-2-3-14(21)6-15(13)16(25)4-5-17-7-18(22)10-19(23,8-17)12-20(24,9-17)11-18/h2-3,6H,4-5,7-12H2,1H3. The summed E-state index contributed by atoms with van der Waals surface area (Å²) in [5.41, 5.74) is -4.65. The monoisotopic (exact) mass is 370 g/mol. The molecule has 0 saturated heterocycles. The quantitative estimate of drug-likeness (QED) is 0.585. The van der Waals surface area contributed by atoms with Crippen LogP contribution >= 0.6 is 11.6 Å². The molecule has 0 heterocycles. The second-order valence-corrected chi connectivity index (χ2v) is 9.33. The number of aryl methyl sites for hydroxylation is 1. The van der Waals surface area contributed by atoms with Crippen LogP contribution in [0.2, 0.25) is 5.02 Å². The fourth-order valence-electron chi connectivity index (χ4n) is 6.14. The van der Waals surface area contributed by atoms with Crippen molar-refractivity contribution < 1.29 is 18.0 Å². The predicted molar refractivity (Wildman–Crippen MR) is 91.4 cm³/mol. The van der Waals surface area contributed by atoms with Crippen LogP contribution in [0.5, 0.6) is 0 Å². The number of alkyl halides is 3. The molecular formula is C20H22ClF3O. The van der Waals surface area contributed by atoms with E-state index in [1.54, 1.807) is 18.2 Å². The van der Waals surface area contributed by atoms with Crippen molar-refractivity contribution >= 4 is 17.4 Å². The Labute approximate surface area is 150 Å². The zero-order valence-corrected chi connectivity index (χ0v) is 15.1. The van der Waals surface area contributed by atoms with Crippen molar-refractivity contribution in [3.8, 4) is 0 Å². The van der Waals surface area contributed by atoms with E-state index in [9.17, 15) is 4.79 Å². The minimum atomic E-state index is -1.76. The molecule has 4 saturated carbocycles. The van der Waals surface area contributed by atoms with Crippen LogP contribution in [-0.4, -0.2) is 22.8 Å². The molecule has 0 aliphatic heterocycles. The lowest BCUT2D eigenvalue weighted by Crippen LogP contribution is -2.65. The molecule has 1 aromatic rings. The number of Topliss-reactive ketones (excluding diaryl/α,β-unsaturated/α-hetero) is 1. The topological polar surface area (TPSA) is 17.1 Å². The highest BCUT2D eigenvalue weighted by Gasteiger charge is 2.70. The van der Waals surface area contributed by atoms with Gasteiger partial charge in [-0.05, 0) is 55.7 Å². The number of ketones is 1. The summed E-state index contributed by atoms with van der Waals surface area (Å²) < 4.78 is 45.0. The Bertz CT molecular complexity index is 693. The van der Waals surface area contributed by atoms with Gasteiger partial charge in [0.25, 0.3) is 0 Å². The molecule has 5 heteroatoms. The Hall–Kier alpha value is -1.03. The molecule has 1 aromatic carbocycles. The van der Waals surface area contributed by atoms with E-state index in [0.717, 1.165) is 5.56 Å². The van der Waals surface area contributed by atoms with Gasteiger partial charge in [0.05, 0.1) is 0 Å². The van der Waals surface area contributed by atoms with E-state index in [1.165, 1.54) is 0 Å². The minimum absolute atomic E-state index is 0.0931. The largest absolute Gasteiger partial charge is 0.294 e. The van der Waals surface area contributed by atoms with Gasteiger partial charge in [0, 0.05) is 36.3 Å². The van der Waals surface area contributed by atoms with Crippen molar-refractivity contribution in [2.45, 2.75) is 75.3 Å². The zero-order valence-electron chi connectivity index (χ0n) is 14.3. The molecule has 25 heavy (non-hydrogen) atoms. The summed E-state index contributed by atoms with van der Waals surface area (Å²) in [6.07, 6.45) is 0.486. The Kier molecular flexibility index (Phi) is 3.65. The Morgan fingerprint density at radius 3 is 2.04 bits per heavy atom. The molecule has 4 fully saturated rings. The van der Waals surface area contributed by atoms with Gasteiger partial charge in [-0.25, -0.2) is 13.2 Å². The Balaban J connectivity index is 1.55. The van der Waals surface area contributed by atoms with Gasteiger partial charge in [-0.15, -0.1) is 0 Å². The highest BCUT2D eigenvalue weighted by atomic mass is 35.5. The molecule has 0 radical (unpaired) electrons. The fourth-order valence-corrected chi connectivity index (χ4v) is 6.31. The first kappa shape index (κ1) is 17.4. The van der Waals surface area contributed by atoms with E-state index in [2.05, 4.69) is 0 Å². The predicted octanol–water partition coefficient (Wildman–Crippen LogP) is 6.10. The molecule has 4 bridgehead atoms. The van der Waals surface area contributed by atoms with Crippen molar-refractivity contribution in [2.75, 3.05) is 0 Å². The van der Waals surface area contributed by atoms with Crippen LogP contribution < -0.4 is 0 Å². The molecule has 0 atom stereocenters. The van der Waals surface area contributed by atoms with E-state index in [0.29, 0.717) is 17.0 Å². The molecule has 4 aliphatic rings. The average Bonchev–Trinajstić information content (AvgIpc) is 2.42. The third-order valence-electron chi connectivity index (χ3n) is 6.36. The van der Waals surface area contributed by atoms with Crippen LogP contribution in [-0.2, 0) is 0 Å². The lowest BCUT2D eigenvalue weighted by Gasteiger charge is -2.63. The highest BCUT2D eigenvalue weighted by Crippen LogP contribution is 2.69. The number of carbonyl (C=O) groups is 1. The number of benzene rings is 1. The summed E-state index contributed by atoms with van der Waals surface area (Å²) in [5.74, 6) is -0.0931. The van der Waals surface area contributed by atoms with Gasteiger partial charge in [-0.1, -0.05) is 17.7 Å². The lowest BCUT2D eigenvalue weighted by atomic mass is 9.45. The van der Waals surface area contributed by atoms with Gasteiger partial charge in [0.1, 0.15) is 17.0 Å². The maximum Gasteiger partial charge on any atom is 0.163 e. The SMILES string of the molecule is Cc1ccc(Cl)cc1C(=O)CCC12CC3(F)CC(F)(CC(F)(C3)C1)C2. The Morgan fingerprint density at radius 1 is 1.00 bits per heavy atom. The van der Waals surface area contributed by atoms with Crippen LogP contribution in [0.1, 0.15) is 67.3 Å². The molecule has 4 aliphatic carbocycles.